The fourth-order valence-corrected chi connectivity index (χ4v) is 1.29. The molecular weight excluding hydrogens is 218 g/mol. The summed E-state index contributed by atoms with van der Waals surface area (Å²) in [5.74, 6) is -1.01. The highest BCUT2D eigenvalue weighted by Gasteiger charge is 2.13. The second-order valence-electron chi connectivity index (χ2n) is 3.21. The van der Waals surface area contributed by atoms with Crippen LogP contribution in [0.1, 0.15) is 12.0 Å². The molecule has 0 spiro atoms. The first-order chi connectivity index (χ1) is 8.19. The number of allylic oxidation sites excluding steroid dienone is 1. The fourth-order valence-electron chi connectivity index (χ4n) is 1.29. The Hall–Kier alpha value is -2.41. The summed E-state index contributed by atoms with van der Waals surface area (Å²) in [5.41, 5.74) is 0.789. The zero-order valence-corrected chi connectivity index (χ0v) is 9.34. The van der Waals surface area contributed by atoms with Gasteiger partial charge in [-0.2, -0.15) is 5.26 Å². The smallest absolute Gasteiger partial charge is 0.331 e. The standard InChI is InChI=1S/C13H11NO3/c1-17-13(16)9-11(12(15)7-8-14)10-5-3-2-4-6-10/h2-6,9H,7H2,1H3/b11-9-. The first kappa shape index (κ1) is 12.7. The summed E-state index contributed by atoms with van der Waals surface area (Å²) in [6, 6.07) is 10.5. The van der Waals surface area contributed by atoms with Crippen molar-refractivity contribution in [2.75, 3.05) is 7.11 Å². The third kappa shape index (κ3) is 3.58. The SMILES string of the molecule is COC(=O)/C=C(\C(=O)CC#N)c1ccccc1. The lowest BCUT2D eigenvalue weighted by atomic mass is 10.00. The van der Waals surface area contributed by atoms with E-state index in [4.69, 9.17) is 5.26 Å². The highest BCUT2D eigenvalue weighted by Crippen LogP contribution is 2.16. The van der Waals surface area contributed by atoms with E-state index in [2.05, 4.69) is 4.74 Å². The molecular formula is C13H11NO3. The number of benzene rings is 1. The van der Waals surface area contributed by atoms with Gasteiger partial charge in [-0.1, -0.05) is 30.3 Å². The molecule has 0 aromatic heterocycles. The summed E-state index contributed by atoms with van der Waals surface area (Å²) in [7, 11) is 1.23. The van der Waals surface area contributed by atoms with Crippen molar-refractivity contribution >= 4 is 17.3 Å². The number of hydrogen-bond acceptors (Lipinski definition) is 4. The van der Waals surface area contributed by atoms with Crippen LogP contribution in [-0.2, 0) is 14.3 Å². The van der Waals surface area contributed by atoms with E-state index in [-0.39, 0.29) is 12.0 Å². The molecule has 0 fully saturated rings. The summed E-state index contributed by atoms with van der Waals surface area (Å²) in [6.07, 6.45) is 0.840. The molecule has 4 nitrogen and oxygen atoms in total. The lowest BCUT2D eigenvalue weighted by Gasteiger charge is -2.04. The zero-order valence-electron chi connectivity index (χ0n) is 9.34. The van der Waals surface area contributed by atoms with Gasteiger partial charge in [0.25, 0.3) is 0 Å². The van der Waals surface area contributed by atoms with Crippen molar-refractivity contribution in [1.82, 2.24) is 0 Å². The Morgan fingerprint density at radius 1 is 1.35 bits per heavy atom. The molecule has 0 N–H and O–H groups in total. The Kier molecular flexibility index (Phi) is 4.64. The van der Waals surface area contributed by atoms with E-state index >= 15 is 0 Å². The van der Waals surface area contributed by atoms with Crippen LogP contribution >= 0.6 is 0 Å². The molecule has 0 saturated heterocycles. The summed E-state index contributed by atoms with van der Waals surface area (Å²) in [4.78, 5) is 22.9. The lowest BCUT2D eigenvalue weighted by molar-refractivity contribution is -0.135. The molecule has 0 saturated carbocycles. The zero-order chi connectivity index (χ0) is 12.7. The monoisotopic (exact) mass is 229 g/mol. The fraction of sp³-hybridized carbons (Fsp3) is 0.154. The van der Waals surface area contributed by atoms with E-state index in [1.165, 1.54) is 7.11 Å². The molecule has 4 heteroatoms. The van der Waals surface area contributed by atoms with Crippen molar-refractivity contribution in [3.05, 3.63) is 42.0 Å². The van der Waals surface area contributed by atoms with E-state index < -0.39 is 11.8 Å². The maximum absolute atomic E-state index is 11.7. The van der Waals surface area contributed by atoms with Gasteiger partial charge in [0.15, 0.2) is 5.78 Å². The average molecular weight is 229 g/mol. The van der Waals surface area contributed by atoms with Gasteiger partial charge >= 0.3 is 5.97 Å². The number of methoxy groups -OCH3 is 1. The number of hydrogen-bond donors (Lipinski definition) is 0. The maximum atomic E-state index is 11.7. The van der Waals surface area contributed by atoms with Crippen LogP contribution in [-0.4, -0.2) is 18.9 Å². The van der Waals surface area contributed by atoms with E-state index in [9.17, 15) is 9.59 Å². The Bertz CT molecular complexity index is 483. The number of carbonyl (C=O) groups is 2. The number of ether oxygens (including phenoxy) is 1. The Balaban J connectivity index is 3.13. The highest BCUT2D eigenvalue weighted by molar-refractivity contribution is 6.24. The molecule has 0 aliphatic carbocycles. The number of rotatable bonds is 4. The van der Waals surface area contributed by atoms with Crippen molar-refractivity contribution in [1.29, 1.82) is 5.26 Å². The quantitative estimate of drug-likeness (QED) is 0.582. The topological polar surface area (TPSA) is 67.2 Å². The first-order valence-electron chi connectivity index (χ1n) is 4.94. The third-order valence-electron chi connectivity index (χ3n) is 2.09. The van der Waals surface area contributed by atoms with Crippen LogP contribution in [0.15, 0.2) is 36.4 Å². The van der Waals surface area contributed by atoms with Gasteiger partial charge in [-0.3, -0.25) is 4.79 Å². The van der Waals surface area contributed by atoms with Gasteiger partial charge in [-0.05, 0) is 5.56 Å². The molecule has 1 aromatic rings. The predicted molar refractivity (Wildman–Crippen MR) is 61.7 cm³/mol. The highest BCUT2D eigenvalue weighted by atomic mass is 16.5. The Morgan fingerprint density at radius 3 is 2.53 bits per heavy atom. The molecule has 1 aromatic carbocycles. The number of nitriles is 1. The van der Waals surface area contributed by atoms with Crippen molar-refractivity contribution in [3.63, 3.8) is 0 Å². The van der Waals surface area contributed by atoms with E-state index in [0.29, 0.717) is 5.56 Å². The second kappa shape index (κ2) is 6.23. The number of esters is 1. The molecule has 0 unspecified atom stereocenters. The van der Waals surface area contributed by atoms with Gasteiger partial charge in [-0.15, -0.1) is 0 Å². The Morgan fingerprint density at radius 2 is 2.00 bits per heavy atom. The second-order valence-corrected chi connectivity index (χ2v) is 3.21. The van der Waals surface area contributed by atoms with E-state index in [0.717, 1.165) is 6.08 Å². The summed E-state index contributed by atoms with van der Waals surface area (Å²) in [6.45, 7) is 0. The van der Waals surface area contributed by atoms with Crippen LogP contribution in [0.4, 0.5) is 0 Å². The summed E-state index contributed by atoms with van der Waals surface area (Å²) >= 11 is 0. The van der Waals surface area contributed by atoms with Crippen LogP contribution in [0.25, 0.3) is 5.57 Å². The van der Waals surface area contributed by atoms with Crippen LogP contribution < -0.4 is 0 Å². The lowest BCUT2D eigenvalue weighted by Crippen LogP contribution is -2.05. The van der Waals surface area contributed by atoms with Crippen LogP contribution in [0.5, 0.6) is 0 Å². The van der Waals surface area contributed by atoms with Crippen molar-refractivity contribution in [2.24, 2.45) is 0 Å². The number of Topliss-reactive ketones (excluding diaryl/α,β-unsaturated/α-hetero) is 1. The van der Waals surface area contributed by atoms with Crippen molar-refractivity contribution < 1.29 is 14.3 Å². The molecule has 0 aliphatic heterocycles. The number of carbonyl (C=O) groups excluding carboxylic acids is 2. The summed E-state index contributed by atoms with van der Waals surface area (Å²) in [5, 5.41) is 8.51. The van der Waals surface area contributed by atoms with E-state index in [1.54, 1.807) is 36.4 Å². The van der Waals surface area contributed by atoms with Crippen molar-refractivity contribution in [2.45, 2.75) is 6.42 Å². The van der Waals surface area contributed by atoms with Gasteiger partial charge in [-0.25, -0.2) is 4.79 Å². The van der Waals surface area contributed by atoms with Crippen LogP contribution in [0.2, 0.25) is 0 Å². The molecule has 0 atom stereocenters. The minimum Gasteiger partial charge on any atom is -0.466 e. The first-order valence-corrected chi connectivity index (χ1v) is 4.94. The molecule has 0 bridgehead atoms. The normalized spacial score (nSPS) is 10.5. The predicted octanol–water partition coefficient (Wildman–Crippen LogP) is 1.73. The minimum atomic E-state index is -0.616. The number of nitrogens with zero attached hydrogens (tertiary/aromatic N) is 1. The summed E-state index contributed by atoms with van der Waals surface area (Å²) < 4.78 is 4.48. The largest absolute Gasteiger partial charge is 0.466 e. The molecule has 0 heterocycles. The van der Waals surface area contributed by atoms with Gasteiger partial charge in [0.1, 0.15) is 0 Å². The third-order valence-corrected chi connectivity index (χ3v) is 2.09. The molecule has 0 radical (unpaired) electrons. The van der Waals surface area contributed by atoms with Crippen LogP contribution in [0.3, 0.4) is 0 Å². The van der Waals surface area contributed by atoms with Gasteiger partial charge < -0.3 is 4.74 Å². The molecule has 17 heavy (non-hydrogen) atoms. The van der Waals surface area contributed by atoms with Gasteiger partial charge in [0.05, 0.1) is 19.6 Å². The van der Waals surface area contributed by atoms with Crippen LogP contribution in [0, 0.1) is 11.3 Å². The molecule has 0 amide bonds. The van der Waals surface area contributed by atoms with Crippen molar-refractivity contribution in [3.8, 4) is 6.07 Å². The van der Waals surface area contributed by atoms with Gasteiger partial charge in [0, 0.05) is 11.6 Å². The van der Waals surface area contributed by atoms with E-state index in [1.807, 2.05) is 0 Å². The molecule has 1 rings (SSSR count). The maximum Gasteiger partial charge on any atom is 0.331 e. The molecule has 86 valence electrons. The average Bonchev–Trinajstić information content (AvgIpc) is 2.36. The Labute approximate surface area is 99.1 Å². The molecule has 0 aliphatic rings. The minimum absolute atomic E-state index is 0.194. The number of ketones is 1. The van der Waals surface area contributed by atoms with Gasteiger partial charge in [0.2, 0.25) is 0 Å².